The topological polar surface area (TPSA) is 52.6 Å². The van der Waals surface area contributed by atoms with Crippen LogP contribution in [0, 0.1) is 0 Å². The molecule has 0 bridgehead atoms. The molecule has 0 unspecified atom stereocenters. The second-order valence-corrected chi connectivity index (χ2v) is 3.65. The summed E-state index contributed by atoms with van der Waals surface area (Å²) >= 11 is 0. The van der Waals surface area contributed by atoms with E-state index in [1.807, 2.05) is 13.8 Å². The molecule has 0 fully saturated rings. The molecule has 4 heteroatoms. The van der Waals surface area contributed by atoms with E-state index in [0.29, 0.717) is 12.8 Å². The molecule has 0 aliphatic rings. The summed E-state index contributed by atoms with van der Waals surface area (Å²) < 4.78 is 9.77. The molecular formula is C12H22O4. The van der Waals surface area contributed by atoms with Crippen molar-refractivity contribution in [1.29, 1.82) is 0 Å². The van der Waals surface area contributed by atoms with Crippen molar-refractivity contribution in [2.45, 2.75) is 52.4 Å². The minimum Gasteiger partial charge on any atom is -0.462 e. The lowest BCUT2D eigenvalue weighted by Crippen LogP contribution is -2.13. The summed E-state index contributed by atoms with van der Waals surface area (Å²) in [6.45, 7) is 4.37. The van der Waals surface area contributed by atoms with Crippen molar-refractivity contribution in [3.63, 3.8) is 0 Å². The average Bonchev–Trinajstić information content (AvgIpc) is 2.29. The van der Waals surface area contributed by atoms with Crippen LogP contribution in [0.1, 0.15) is 52.4 Å². The van der Waals surface area contributed by atoms with Crippen LogP contribution in [0.4, 0.5) is 0 Å². The van der Waals surface area contributed by atoms with Gasteiger partial charge in [-0.05, 0) is 12.8 Å². The van der Waals surface area contributed by atoms with Gasteiger partial charge in [0.2, 0.25) is 0 Å². The Morgan fingerprint density at radius 1 is 0.812 bits per heavy atom. The number of hydrogen-bond donors (Lipinski definition) is 0. The molecule has 4 nitrogen and oxygen atoms in total. The van der Waals surface area contributed by atoms with E-state index in [4.69, 9.17) is 9.47 Å². The minimum absolute atomic E-state index is 0.167. The van der Waals surface area contributed by atoms with E-state index >= 15 is 0 Å². The third-order valence-electron chi connectivity index (χ3n) is 2.08. The van der Waals surface area contributed by atoms with Crippen molar-refractivity contribution in [1.82, 2.24) is 0 Å². The summed E-state index contributed by atoms with van der Waals surface area (Å²) in [5, 5.41) is 0. The molecule has 0 aromatic rings. The molecule has 0 radical (unpaired) electrons. The second kappa shape index (κ2) is 10.5. The fourth-order valence-electron chi connectivity index (χ4n) is 1.10. The number of ether oxygens (including phenoxy) is 2. The lowest BCUT2D eigenvalue weighted by molar-refractivity contribution is -0.152. The Bertz CT molecular complexity index is 179. The highest BCUT2D eigenvalue weighted by atomic mass is 16.6. The Morgan fingerprint density at radius 3 is 1.50 bits per heavy atom. The highest BCUT2D eigenvalue weighted by molar-refractivity contribution is 5.70. The van der Waals surface area contributed by atoms with Gasteiger partial charge in [-0.1, -0.05) is 26.7 Å². The van der Waals surface area contributed by atoms with E-state index in [2.05, 4.69) is 0 Å². The first kappa shape index (κ1) is 14.9. The van der Waals surface area contributed by atoms with Gasteiger partial charge in [0.25, 0.3) is 0 Å². The lowest BCUT2D eigenvalue weighted by atomic mass is 10.2. The van der Waals surface area contributed by atoms with Gasteiger partial charge in [0.15, 0.2) is 0 Å². The van der Waals surface area contributed by atoms with Crippen LogP contribution in [-0.4, -0.2) is 25.2 Å². The van der Waals surface area contributed by atoms with Crippen LogP contribution in [-0.2, 0) is 19.1 Å². The molecule has 0 atom stereocenters. The Labute approximate surface area is 97.3 Å². The zero-order chi connectivity index (χ0) is 12.2. The molecule has 0 aliphatic heterocycles. The van der Waals surface area contributed by atoms with Crippen LogP contribution in [0.25, 0.3) is 0 Å². The number of esters is 2. The highest BCUT2D eigenvalue weighted by Crippen LogP contribution is 1.98. The van der Waals surface area contributed by atoms with Crippen molar-refractivity contribution in [2.75, 3.05) is 13.2 Å². The second-order valence-electron chi connectivity index (χ2n) is 3.65. The largest absolute Gasteiger partial charge is 0.462 e. The number of hydrogen-bond acceptors (Lipinski definition) is 4. The SMILES string of the molecule is CCCCC(=O)OCCOC(=O)CCCC. The fraction of sp³-hybridized carbons (Fsp3) is 0.833. The van der Waals surface area contributed by atoms with Crippen LogP contribution in [0.5, 0.6) is 0 Å². The van der Waals surface area contributed by atoms with Crippen LogP contribution >= 0.6 is 0 Å². The molecule has 0 rings (SSSR count). The van der Waals surface area contributed by atoms with Gasteiger partial charge in [-0.15, -0.1) is 0 Å². The highest BCUT2D eigenvalue weighted by Gasteiger charge is 2.04. The molecule has 0 spiro atoms. The van der Waals surface area contributed by atoms with E-state index in [9.17, 15) is 9.59 Å². The summed E-state index contributed by atoms with van der Waals surface area (Å²) in [5.74, 6) is -0.432. The zero-order valence-corrected chi connectivity index (χ0v) is 10.3. The molecule has 0 aromatic carbocycles. The van der Waals surface area contributed by atoms with Gasteiger partial charge in [0.05, 0.1) is 0 Å². The van der Waals surface area contributed by atoms with Gasteiger partial charge in [0.1, 0.15) is 13.2 Å². The summed E-state index contributed by atoms with van der Waals surface area (Å²) in [5.41, 5.74) is 0. The third kappa shape index (κ3) is 9.49. The maximum absolute atomic E-state index is 11.1. The summed E-state index contributed by atoms with van der Waals surface area (Å²) in [6.07, 6.45) is 4.52. The first-order chi connectivity index (χ1) is 7.70. The Hall–Kier alpha value is -1.06. The third-order valence-corrected chi connectivity index (χ3v) is 2.08. The molecular weight excluding hydrogens is 208 g/mol. The van der Waals surface area contributed by atoms with E-state index in [0.717, 1.165) is 25.7 Å². The smallest absolute Gasteiger partial charge is 0.305 e. The number of rotatable bonds is 9. The van der Waals surface area contributed by atoms with Gasteiger partial charge in [-0.3, -0.25) is 9.59 Å². The monoisotopic (exact) mass is 230 g/mol. The summed E-state index contributed by atoms with van der Waals surface area (Å²) in [7, 11) is 0. The predicted molar refractivity (Wildman–Crippen MR) is 61.0 cm³/mol. The lowest BCUT2D eigenvalue weighted by Gasteiger charge is -2.05. The molecule has 0 saturated heterocycles. The Kier molecular flexibility index (Phi) is 9.76. The van der Waals surface area contributed by atoms with Gasteiger partial charge < -0.3 is 9.47 Å². The van der Waals surface area contributed by atoms with Crippen molar-refractivity contribution < 1.29 is 19.1 Å². The van der Waals surface area contributed by atoms with Crippen LogP contribution in [0.15, 0.2) is 0 Å². The maximum Gasteiger partial charge on any atom is 0.305 e. The fourth-order valence-corrected chi connectivity index (χ4v) is 1.10. The Morgan fingerprint density at radius 2 is 1.19 bits per heavy atom. The number of carbonyl (C=O) groups is 2. The Balaban J connectivity index is 3.31. The summed E-state index contributed by atoms with van der Waals surface area (Å²) in [4.78, 5) is 22.1. The molecule has 0 aromatic heterocycles. The first-order valence-corrected chi connectivity index (χ1v) is 6.02. The van der Waals surface area contributed by atoms with Crippen molar-refractivity contribution in [3.05, 3.63) is 0 Å². The van der Waals surface area contributed by atoms with E-state index < -0.39 is 0 Å². The quantitative estimate of drug-likeness (QED) is 0.451. The van der Waals surface area contributed by atoms with Crippen molar-refractivity contribution in [3.8, 4) is 0 Å². The average molecular weight is 230 g/mol. The van der Waals surface area contributed by atoms with E-state index in [-0.39, 0.29) is 25.2 Å². The number of unbranched alkanes of at least 4 members (excludes halogenated alkanes) is 2. The van der Waals surface area contributed by atoms with Crippen molar-refractivity contribution >= 4 is 11.9 Å². The van der Waals surface area contributed by atoms with Crippen LogP contribution in [0.2, 0.25) is 0 Å². The zero-order valence-electron chi connectivity index (χ0n) is 10.3. The van der Waals surface area contributed by atoms with Crippen LogP contribution in [0.3, 0.4) is 0 Å². The molecule has 16 heavy (non-hydrogen) atoms. The molecule has 94 valence electrons. The molecule has 0 heterocycles. The van der Waals surface area contributed by atoms with Gasteiger partial charge in [-0.25, -0.2) is 0 Å². The van der Waals surface area contributed by atoms with Crippen molar-refractivity contribution in [2.24, 2.45) is 0 Å². The van der Waals surface area contributed by atoms with E-state index in [1.165, 1.54) is 0 Å². The molecule has 0 aliphatic carbocycles. The summed E-state index contributed by atoms with van der Waals surface area (Å²) in [6, 6.07) is 0. The maximum atomic E-state index is 11.1. The van der Waals surface area contributed by atoms with Gasteiger partial charge in [-0.2, -0.15) is 0 Å². The molecule has 0 saturated carbocycles. The molecule has 0 amide bonds. The van der Waals surface area contributed by atoms with E-state index in [1.54, 1.807) is 0 Å². The number of carbonyl (C=O) groups excluding carboxylic acids is 2. The first-order valence-electron chi connectivity index (χ1n) is 6.02. The predicted octanol–water partition coefficient (Wildman–Crippen LogP) is 2.45. The van der Waals surface area contributed by atoms with Crippen LogP contribution < -0.4 is 0 Å². The standard InChI is InChI=1S/C12H22O4/c1-3-5-7-11(13)15-9-10-16-12(14)8-6-4-2/h3-10H2,1-2H3. The van der Waals surface area contributed by atoms with Gasteiger partial charge in [0, 0.05) is 12.8 Å². The minimum atomic E-state index is -0.216. The normalized spacial score (nSPS) is 9.88. The molecule has 0 N–H and O–H groups in total. The van der Waals surface area contributed by atoms with Gasteiger partial charge >= 0.3 is 11.9 Å².